The summed E-state index contributed by atoms with van der Waals surface area (Å²) < 4.78 is 5.81. The predicted octanol–water partition coefficient (Wildman–Crippen LogP) is 2.36. The quantitative estimate of drug-likeness (QED) is 0.410. The van der Waals surface area contributed by atoms with Crippen LogP contribution >= 0.6 is 0 Å². The summed E-state index contributed by atoms with van der Waals surface area (Å²) in [5.74, 6) is 0.568. The van der Waals surface area contributed by atoms with E-state index in [4.69, 9.17) is 10.5 Å². The summed E-state index contributed by atoms with van der Waals surface area (Å²) in [5.41, 5.74) is 5.98. The van der Waals surface area contributed by atoms with Crippen LogP contribution in [0.3, 0.4) is 0 Å². The van der Waals surface area contributed by atoms with Crippen molar-refractivity contribution in [1.82, 2.24) is 10.2 Å². The number of hydrogen-bond donors (Lipinski definition) is 2. The third-order valence-electron chi connectivity index (χ3n) is 4.25. The van der Waals surface area contributed by atoms with Crippen LogP contribution in [-0.2, 0) is 4.74 Å². The maximum Gasteiger partial charge on any atom is 0.188 e. The number of unbranched alkanes of at least 4 members (excludes halogenated alkanes) is 3. The van der Waals surface area contributed by atoms with E-state index in [9.17, 15) is 0 Å². The van der Waals surface area contributed by atoms with E-state index in [2.05, 4.69) is 49.8 Å². The Balaban J connectivity index is 2.37. The fourth-order valence-corrected chi connectivity index (χ4v) is 2.87. The first-order valence-corrected chi connectivity index (χ1v) is 8.79. The molecule has 0 radical (unpaired) electrons. The molecule has 1 heterocycles. The van der Waals surface area contributed by atoms with Crippen molar-refractivity contribution in [3.05, 3.63) is 0 Å². The number of nitrogens with one attached hydrogen (secondary N) is 1. The molecule has 22 heavy (non-hydrogen) atoms. The molecule has 1 aliphatic rings. The summed E-state index contributed by atoms with van der Waals surface area (Å²) in [5, 5.41) is 3.22. The molecule has 1 aliphatic heterocycles. The van der Waals surface area contributed by atoms with Gasteiger partial charge in [-0.2, -0.15) is 0 Å². The third-order valence-corrected chi connectivity index (χ3v) is 4.25. The minimum atomic E-state index is 0.000804. The number of hydrogen-bond acceptors (Lipinski definition) is 3. The molecule has 2 unspecified atom stereocenters. The Kier molecular flexibility index (Phi) is 8.18. The molecule has 0 saturated carbocycles. The lowest BCUT2D eigenvalue weighted by atomic mass is 10.0. The van der Waals surface area contributed by atoms with E-state index >= 15 is 0 Å². The number of aliphatic imine (C=N–C) groups is 1. The molecular weight excluding hydrogens is 276 g/mol. The van der Waals surface area contributed by atoms with Crippen molar-refractivity contribution in [2.75, 3.05) is 26.2 Å². The lowest BCUT2D eigenvalue weighted by Crippen LogP contribution is -2.56. The smallest absolute Gasteiger partial charge is 0.188 e. The predicted molar refractivity (Wildman–Crippen MR) is 94.3 cm³/mol. The minimum absolute atomic E-state index is 0.000804. The molecule has 5 nitrogen and oxygen atoms in total. The van der Waals surface area contributed by atoms with Crippen molar-refractivity contribution < 1.29 is 4.74 Å². The van der Waals surface area contributed by atoms with Crippen LogP contribution in [0, 0.1) is 0 Å². The molecule has 0 aromatic carbocycles. The Bertz CT molecular complexity index is 334. The largest absolute Gasteiger partial charge is 0.373 e. The zero-order valence-corrected chi connectivity index (χ0v) is 15.2. The molecule has 0 spiro atoms. The molecule has 5 heteroatoms. The highest BCUT2D eigenvalue weighted by Gasteiger charge is 2.32. The van der Waals surface area contributed by atoms with E-state index in [1.54, 1.807) is 0 Å². The summed E-state index contributed by atoms with van der Waals surface area (Å²) in [6.07, 6.45) is 5.52. The van der Waals surface area contributed by atoms with Crippen molar-refractivity contribution >= 4 is 5.96 Å². The second-order valence-electron chi connectivity index (χ2n) is 7.16. The van der Waals surface area contributed by atoms with E-state index in [-0.39, 0.29) is 17.7 Å². The van der Waals surface area contributed by atoms with Crippen LogP contribution in [0.5, 0.6) is 0 Å². The maximum atomic E-state index is 5.98. The lowest BCUT2D eigenvalue weighted by molar-refractivity contribution is -0.0939. The molecule has 130 valence electrons. The van der Waals surface area contributed by atoms with E-state index < -0.39 is 0 Å². The van der Waals surface area contributed by atoms with Gasteiger partial charge in [0.1, 0.15) is 0 Å². The molecule has 0 aromatic rings. The summed E-state index contributed by atoms with van der Waals surface area (Å²) >= 11 is 0. The number of rotatable bonds is 8. The molecule has 1 fully saturated rings. The van der Waals surface area contributed by atoms with Gasteiger partial charge in [-0.15, -0.1) is 0 Å². The molecule has 1 rings (SSSR count). The van der Waals surface area contributed by atoms with Crippen molar-refractivity contribution in [1.29, 1.82) is 0 Å². The summed E-state index contributed by atoms with van der Waals surface area (Å²) in [6, 6.07) is 0. The van der Waals surface area contributed by atoms with Crippen LogP contribution in [0.25, 0.3) is 0 Å². The van der Waals surface area contributed by atoms with Crippen LogP contribution in [0.1, 0.15) is 60.3 Å². The van der Waals surface area contributed by atoms with Gasteiger partial charge in [0.25, 0.3) is 0 Å². The van der Waals surface area contributed by atoms with Gasteiger partial charge >= 0.3 is 0 Å². The van der Waals surface area contributed by atoms with E-state index in [0.717, 1.165) is 26.1 Å². The van der Waals surface area contributed by atoms with E-state index in [1.807, 2.05) is 0 Å². The Morgan fingerprint density at radius 1 is 1.23 bits per heavy atom. The monoisotopic (exact) mass is 312 g/mol. The average molecular weight is 313 g/mol. The Hall–Kier alpha value is -0.810. The summed E-state index contributed by atoms with van der Waals surface area (Å²) in [6.45, 7) is 14.5. The molecule has 2 atom stereocenters. The normalized spacial score (nSPS) is 24.5. The number of morpholine rings is 1. The Morgan fingerprint density at radius 3 is 2.45 bits per heavy atom. The number of ether oxygens (including phenoxy) is 1. The fourth-order valence-electron chi connectivity index (χ4n) is 2.87. The van der Waals surface area contributed by atoms with Gasteiger partial charge in [0.05, 0.1) is 18.8 Å². The molecule has 0 aromatic heterocycles. The second-order valence-corrected chi connectivity index (χ2v) is 7.16. The number of nitrogens with two attached hydrogens (primary N) is 1. The fraction of sp³-hybridized carbons (Fsp3) is 0.941. The van der Waals surface area contributed by atoms with Crippen molar-refractivity contribution in [3.63, 3.8) is 0 Å². The van der Waals surface area contributed by atoms with Gasteiger partial charge in [0, 0.05) is 25.2 Å². The highest BCUT2D eigenvalue weighted by molar-refractivity contribution is 5.77. The first kappa shape index (κ1) is 19.2. The van der Waals surface area contributed by atoms with Gasteiger partial charge in [-0.1, -0.05) is 26.2 Å². The van der Waals surface area contributed by atoms with Gasteiger partial charge in [-0.3, -0.25) is 9.89 Å². The molecule has 0 bridgehead atoms. The van der Waals surface area contributed by atoms with Gasteiger partial charge < -0.3 is 15.8 Å². The van der Waals surface area contributed by atoms with E-state index in [0.29, 0.717) is 12.5 Å². The third kappa shape index (κ3) is 6.97. The van der Waals surface area contributed by atoms with Gasteiger partial charge in [0.15, 0.2) is 5.96 Å². The van der Waals surface area contributed by atoms with Gasteiger partial charge in [0.2, 0.25) is 0 Å². The lowest BCUT2D eigenvalue weighted by Gasteiger charge is -2.44. The summed E-state index contributed by atoms with van der Waals surface area (Å²) in [4.78, 5) is 7.00. The van der Waals surface area contributed by atoms with Crippen LogP contribution in [-0.4, -0.2) is 54.8 Å². The van der Waals surface area contributed by atoms with Crippen LogP contribution in [0.2, 0.25) is 0 Å². The molecule has 0 aliphatic carbocycles. The van der Waals surface area contributed by atoms with Crippen LogP contribution in [0.15, 0.2) is 4.99 Å². The Morgan fingerprint density at radius 2 is 1.86 bits per heavy atom. The van der Waals surface area contributed by atoms with Crippen molar-refractivity contribution in [3.8, 4) is 0 Å². The molecule has 1 saturated heterocycles. The van der Waals surface area contributed by atoms with Crippen molar-refractivity contribution in [2.45, 2.75) is 78.0 Å². The van der Waals surface area contributed by atoms with Crippen molar-refractivity contribution in [2.24, 2.45) is 10.7 Å². The number of nitrogens with zero attached hydrogens (tertiary/aromatic N) is 2. The Labute approximate surface area is 136 Å². The van der Waals surface area contributed by atoms with E-state index in [1.165, 1.54) is 19.3 Å². The summed E-state index contributed by atoms with van der Waals surface area (Å²) in [7, 11) is 0. The SMILES string of the molecule is CCCCCCNC(N)=NCC(C)(C)N1CC(C)OC(C)C1. The maximum absolute atomic E-state index is 5.98. The molecule has 3 N–H and O–H groups in total. The highest BCUT2D eigenvalue weighted by Crippen LogP contribution is 2.21. The van der Waals surface area contributed by atoms with Gasteiger partial charge in [-0.25, -0.2) is 0 Å². The van der Waals surface area contributed by atoms with Crippen LogP contribution in [0.4, 0.5) is 0 Å². The topological polar surface area (TPSA) is 62.9 Å². The first-order valence-electron chi connectivity index (χ1n) is 8.79. The standard InChI is InChI=1S/C17H36N4O/c1-6-7-8-9-10-19-16(18)20-13-17(4,5)21-11-14(2)22-15(3)12-21/h14-15H,6-13H2,1-5H3,(H3,18,19,20). The minimum Gasteiger partial charge on any atom is -0.373 e. The zero-order chi connectivity index (χ0) is 16.6. The number of guanidine groups is 1. The zero-order valence-electron chi connectivity index (χ0n) is 15.2. The van der Waals surface area contributed by atoms with Gasteiger partial charge in [-0.05, 0) is 34.1 Å². The average Bonchev–Trinajstić information content (AvgIpc) is 2.44. The molecule has 0 amide bonds. The highest BCUT2D eigenvalue weighted by atomic mass is 16.5. The molecular formula is C17H36N4O. The first-order chi connectivity index (χ1) is 10.3. The second kappa shape index (κ2) is 9.36. The van der Waals surface area contributed by atoms with Crippen LogP contribution < -0.4 is 11.1 Å².